The van der Waals surface area contributed by atoms with Gasteiger partial charge in [0.25, 0.3) is 0 Å². The molecule has 0 unspecified atom stereocenters. The van der Waals surface area contributed by atoms with Gasteiger partial charge in [0.15, 0.2) is 0 Å². The minimum Gasteiger partial charge on any atom is -0.492 e. The van der Waals surface area contributed by atoms with Crippen LogP contribution in [0.4, 0.5) is 0 Å². The number of carbonyl (C=O) groups excluding carboxylic acids is 1. The first-order valence-corrected chi connectivity index (χ1v) is 8.83. The lowest BCUT2D eigenvalue weighted by molar-refractivity contribution is 0.0567. The molecule has 1 heterocycles. The lowest BCUT2D eigenvalue weighted by atomic mass is 10.1. The Kier molecular flexibility index (Phi) is 6.34. The average molecular weight is 390 g/mol. The molecule has 27 heavy (non-hydrogen) atoms. The second-order valence-corrected chi connectivity index (χ2v) is 6.36. The van der Waals surface area contributed by atoms with Gasteiger partial charge in [0, 0.05) is 23.5 Å². The first-order chi connectivity index (χ1) is 13.1. The molecule has 3 rings (SSSR count). The molecule has 1 aromatic heterocycles. The van der Waals surface area contributed by atoms with E-state index in [1.807, 2.05) is 12.1 Å². The third kappa shape index (κ3) is 5.01. The fourth-order valence-electron chi connectivity index (χ4n) is 2.62. The Labute approximate surface area is 161 Å². The van der Waals surface area contributed by atoms with E-state index in [4.69, 9.17) is 20.8 Å². The van der Waals surface area contributed by atoms with Gasteiger partial charge in [-0.1, -0.05) is 23.7 Å². The first-order valence-electron chi connectivity index (χ1n) is 8.46. The number of fused-ring (bicyclic) bond motifs is 1. The van der Waals surface area contributed by atoms with Gasteiger partial charge in [-0.3, -0.25) is 0 Å². The summed E-state index contributed by atoms with van der Waals surface area (Å²) in [5.74, 6) is 0.300. The minimum absolute atomic E-state index is 0.154. The van der Waals surface area contributed by atoms with Crippen molar-refractivity contribution in [2.45, 2.75) is 6.10 Å². The largest absolute Gasteiger partial charge is 0.492 e. The first kappa shape index (κ1) is 19.2. The van der Waals surface area contributed by atoms with E-state index in [0.29, 0.717) is 36.1 Å². The van der Waals surface area contributed by atoms with Crippen LogP contribution in [0.5, 0.6) is 5.75 Å². The Morgan fingerprint density at radius 2 is 2.11 bits per heavy atom. The van der Waals surface area contributed by atoms with Crippen molar-refractivity contribution in [2.24, 2.45) is 0 Å². The number of halogens is 1. The molecule has 0 spiro atoms. The topological polar surface area (TPSA) is 80.9 Å². The van der Waals surface area contributed by atoms with Gasteiger partial charge < -0.3 is 24.3 Å². The molecular weight excluding hydrogens is 370 g/mol. The molecule has 0 bridgehead atoms. The Hall–Kier alpha value is -2.54. The number of ether oxygens (including phenoxy) is 2. The highest BCUT2D eigenvalue weighted by molar-refractivity contribution is 6.30. The van der Waals surface area contributed by atoms with Crippen molar-refractivity contribution in [3.8, 4) is 5.75 Å². The number of esters is 1. The van der Waals surface area contributed by atoms with Crippen LogP contribution in [0.2, 0.25) is 5.02 Å². The third-order valence-corrected chi connectivity index (χ3v) is 4.23. The molecule has 6 nitrogen and oxygen atoms in total. The maximum Gasteiger partial charge on any atom is 0.373 e. The van der Waals surface area contributed by atoms with Crippen molar-refractivity contribution < 1.29 is 23.8 Å². The summed E-state index contributed by atoms with van der Waals surface area (Å²) in [5.41, 5.74) is 1.35. The van der Waals surface area contributed by atoms with Crippen molar-refractivity contribution in [2.75, 3.05) is 26.8 Å². The standard InChI is InChI=1S/C20H20ClNO5/c1-25-20(24)19-11-14-10-16(5-6-18(14)27-19)26-8-7-22-12-17(23)13-3-2-4-15(21)9-13/h2-6,9-11,17,22-23H,7-8,12H2,1H3/t17-/m1/s1. The number of rotatable bonds is 8. The quantitative estimate of drug-likeness (QED) is 0.453. The number of benzene rings is 2. The number of carbonyl (C=O) groups is 1. The summed E-state index contributed by atoms with van der Waals surface area (Å²) in [7, 11) is 1.31. The fourth-order valence-corrected chi connectivity index (χ4v) is 2.82. The third-order valence-electron chi connectivity index (χ3n) is 3.99. The van der Waals surface area contributed by atoms with Gasteiger partial charge >= 0.3 is 5.97 Å². The number of methoxy groups -OCH3 is 1. The number of aliphatic hydroxyl groups is 1. The summed E-state index contributed by atoms with van der Waals surface area (Å²) in [5, 5.41) is 14.6. The van der Waals surface area contributed by atoms with E-state index in [9.17, 15) is 9.90 Å². The highest BCUT2D eigenvalue weighted by atomic mass is 35.5. The van der Waals surface area contributed by atoms with Crippen molar-refractivity contribution in [3.05, 3.63) is 64.9 Å². The molecule has 1 atom stereocenters. The van der Waals surface area contributed by atoms with Crippen molar-refractivity contribution in [1.29, 1.82) is 0 Å². The normalized spacial score (nSPS) is 12.1. The molecule has 0 aliphatic carbocycles. The van der Waals surface area contributed by atoms with Crippen LogP contribution in [0.15, 0.2) is 52.9 Å². The Bertz CT molecular complexity index is 924. The predicted molar refractivity (Wildman–Crippen MR) is 102 cm³/mol. The van der Waals surface area contributed by atoms with Gasteiger partial charge in [-0.2, -0.15) is 0 Å². The van der Waals surface area contributed by atoms with Crippen LogP contribution in [-0.4, -0.2) is 37.9 Å². The molecule has 3 aromatic rings. The molecule has 142 valence electrons. The van der Waals surface area contributed by atoms with E-state index in [-0.39, 0.29) is 5.76 Å². The summed E-state index contributed by atoms with van der Waals surface area (Å²) >= 11 is 5.93. The summed E-state index contributed by atoms with van der Waals surface area (Å²) in [6.45, 7) is 1.39. The number of furan rings is 1. The fraction of sp³-hybridized carbons (Fsp3) is 0.250. The molecule has 0 saturated carbocycles. The van der Waals surface area contributed by atoms with E-state index >= 15 is 0 Å². The summed E-state index contributed by atoms with van der Waals surface area (Å²) in [4.78, 5) is 11.5. The van der Waals surface area contributed by atoms with Gasteiger partial charge in [0.1, 0.15) is 17.9 Å². The van der Waals surface area contributed by atoms with Crippen LogP contribution in [0.3, 0.4) is 0 Å². The van der Waals surface area contributed by atoms with Gasteiger partial charge in [-0.05, 0) is 42.0 Å². The number of aliphatic hydroxyl groups excluding tert-OH is 1. The minimum atomic E-state index is -0.636. The van der Waals surface area contributed by atoms with Gasteiger partial charge in [-0.25, -0.2) is 4.79 Å². The van der Waals surface area contributed by atoms with Crippen molar-refractivity contribution in [1.82, 2.24) is 5.32 Å². The zero-order chi connectivity index (χ0) is 19.2. The van der Waals surface area contributed by atoms with E-state index in [2.05, 4.69) is 10.1 Å². The number of hydrogen-bond acceptors (Lipinski definition) is 6. The molecule has 0 aliphatic rings. The number of hydrogen-bond donors (Lipinski definition) is 2. The lowest BCUT2D eigenvalue weighted by Gasteiger charge is -2.13. The lowest BCUT2D eigenvalue weighted by Crippen LogP contribution is -2.26. The molecule has 7 heteroatoms. The number of nitrogens with one attached hydrogen (secondary N) is 1. The summed E-state index contributed by atoms with van der Waals surface area (Å²) < 4.78 is 15.8. The van der Waals surface area contributed by atoms with E-state index in [1.165, 1.54) is 7.11 Å². The molecule has 2 N–H and O–H groups in total. The Morgan fingerprint density at radius 3 is 2.89 bits per heavy atom. The van der Waals surface area contributed by atoms with Gasteiger partial charge in [0.05, 0.1) is 13.2 Å². The van der Waals surface area contributed by atoms with Crippen LogP contribution in [0.1, 0.15) is 22.2 Å². The van der Waals surface area contributed by atoms with Gasteiger partial charge in [-0.15, -0.1) is 0 Å². The van der Waals surface area contributed by atoms with E-state index in [1.54, 1.807) is 36.4 Å². The molecule has 0 saturated heterocycles. The molecule has 0 aliphatic heterocycles. The average Bonchev–Trinajstić information content (AvgIpc) is 3.10. The maximum absolute atomic E-state index is 11.5. The highest BCUT2D eigenvalue weighted by Crippen LogP contribution is 2.24. The van der Waals surface area contributed by atoms with Crippen LogP contribution >= 0.6 is 11.6 Å². The van der Waals surface area contributed by atoms with Crippen LogP contribution < -0.4 is 10.1 Å². The molecule has 0 radical (unpaired) electrons. The van der Waals surface area contributed by atoms with Crippen LogP contribution in [-0.2, 0) is 4.74 Å². The SMILES string of the molecule is COC(=O)c1cc2cc(OCCNC[C@@H](O)c3cccc(Cl)c3)ccc2o1. The second kappa shape index (κ2) is 8.90. The Morgan fingerprint density at radius 1 is 1.26 bits per heavy atom. The zero-order valence-electron chi connectivity index (χ0n) is 14.8. The molecule has 0 fully saturated rings. The van der Waals surface area contributed by atoms with Gasteiger partial charge in [0.2, 0.25) is 5.76 Å². The molecule has 0 amide bonds. The molecular formula is C20H20ClNO5. The summed E-state index contributed by atoms with van der Waals surface area (Å²) in [6, 6.07) is 14.1. The van der Waals surface area contributed by atoms with E-state index in [0.717, 1.165) is 10.9 Å². The Balaban J connectivity index is 1.47. The maximum atomic E-state index is 11.5. The smallest absolute Gasteiger partial charge is 0.373 e. The highest BCUT2D eigenvalue weighted by Gasteiger charge is 2.13. The zero-order valence-corrected chi connectivity index (χ0v) is 15.5. The monoisotopic (exact) mass is 389 g/mol. The van der Waals surface area contributed by atoms with Crippen molar-refractivity contribution >= 4 is 28.5 Å². The van der Waals surface area contributed by atoms with E-state index < -0.39 is 12.1 Å². The molecule has 2 aromatic carbocycles. The summed E-state index contributed by atoms with van der Waals surface area (Å²) in [6.07, 6.45) is -0.636. The van der Waals surface area contributed by atoms with Crippen LogP contribution in [0, 0.1) is 0 Å². The predicted octanol–water partition coefficient (Wildman–Crippen LogP) is 3.57. The van der Waals surface area contributed by atoms with Crippen molar-refractivity contribution in [3.63, 3.8) is 0 Å². The second-order valence-electron chi connectivity index (χ2n) is 5.93. The van der Waals surface area contributed by atoms with Crippen LogP contribution in [0.25, 0.3) is 11.0 Å².